The first-order valence-corrected chi connectivity index (χ1v) is 6.93. The summed E-state index contributed by atoms with van der Waals surface area (Å²) < 4.78 is 26.7. The number of nitrogens with one attached hydrogen (secondary N) is 1. The molecule has 1 aromatic rings. The van der Waals surface area contributed by atoms with Gasteiger partial charge in [-0.25, -0.2) is 13.1 Å². The van der Waals surface area contributed by atoms with Crippen LogP contribution in [0.2, 0.25) is 0 Å². The van der Waals surface area contributed by atoms with Crippen LogP contribution < -0.4 is 4.72 Å². The number of hydrogen-bond donors (Lipinski definition) is 1. The van der Waals surface area contributed by atoms with E-state index in [9.17, 15) is 8.42 Å². The Bertz CT molecular complexity index is 436. The molecular formula is C12H18NO2S. The summed E-state index contributed by atoms with van der Waals surface area (Å²) in [6.07, 6.45) is 1.57. The van der Waals surface area contributed by atoms with Crippen LogP contribution in [-0.4, -0.2) is 14.5 Å². The first-order chi connectivity index (χ1) is 7.51. The predicted octanol–water partition coefficient (Wildman–Crippen LogP) is 2.34. The van der Waals surface area contributed by atoms with Gasteiger partial charge in [0.25, 0.3) is 0 Å². The summed E-state index contributed by atoms with van der Waals surface area (Å²) in [5, 5.41) is 0. The van der Waals surface area contributed by atoms with Crippen molar-refractivity contribution in [1.82, 2.24) is 4.72 Å². The van der Waals surface area contributed by atoms with Crippen molar-refractivity contribution in [3.8, 4) is 0 Å². The van der Waals surface area contributed by atoms with Gasteiger partial charge in [0.1, 0.15) is 0 Å². The molecule has 0 saturated heterocycles. The summed E-state index contributed by atoms with van der Waals surface area (Å²) >= 11 is 0. The van der Waals surface area contributed by atoms with Crippen molar-refractivity contribution >= 4 is 10.0 Å². The van der Waals surface area contributed by atoms with Crippen molar-refractivity contribution in [1.29, 1.82) is 0 Å². The third kappa shape index (κ3) is 3.06. The summed E-state index contributed by atoms with van der Waals surface area (Å²) in [5.41, 5.74) is 0.529. The monoisotopic (exact) mass is 240 g/mol. The normalized spacial score (nSPS) is 12.0. The zero-order valence-electron chi connectivity index (χ0n) is 9.73. The van der Waals surface area contributed by atoms with E-state index in [0.717, 1.165) is 12.8 Å². The van der Waals surface area contributed by atoms with Gasteiger partial charge in [0, 0.05) is 6.04 Å². The Morgan fingerprint density at radius 1 is 1.25 bits per heavy atom. The average Bonchev–Trinajstić information content (AvgIpc) is 2.26. The molecule has 0 aliphatic carbocycles. The van der Waals surface area contributed by atoms with E-state index in [1.807, 2.05) is 13.8 Å². The van der Waals surface area contributed by atoms with Crippen molar-refractivity contribution in [2.75, 3.05) is 0 Å². The summed E-state index contributed by atoms with van der Waals surface area (Å²) in [7, 11) is -3.43. The second kappa shape index (κ2) is 5.46. The molecule has 0 aliphatic rings. The van der Waals surface area contributed by atoms with Gasteiger partial charge in [-0.15, -0.1) is 0 Å². The number of sulfonamides is 1. The van der Waals surface area contributed by atoms with E-state index in [1.54, 1.807) is 24.3 Å². The highest BCUT2D eigenvalue weighted by Gasteiger charge is 2.19. The van der Waals surface area contributed by atoms with E-state index in [1.165, 1.54) is 0 Å². The quantitative estimate of drug-likeness (QED) is 0.858. The van der Waals surface area contributed by atoms with E-state index in [2.05, 4.69) is 11.6 Å². The lowest BCUT2D eigenvalue weighted by Crippen LogP contribution is -2.34. The van der Waals surface area contributed by atoms with Gasteiger partial charge >= 0.3 is 0 Å². The standard InChI is InChI=1S/C12H18NO2S/c1-4-11(5-2)13-16(14,15)12-9-7-6-8-10(12)3/h6-9,11,13H,3-5H2,1-2H3. The second-order valence-electron chi connectivity index (χ2n) is 3.74. The Morgan fingerprint density at radius 2 is 1.81 bits per heavy atom. The summed E-state index contributed by atoms with van der Waals surface area (Å²) in [4.78, 5) is 0.266. The lowest BCUT2D eigenvalue weighted by molar-refractivity contribution is 0.530. The van der Waals surface area contributed by atoms with Crippen molar-refractivity contribution in [3.05, 3.63) is 36.8 Å². The summed E-state index contributed by atoms with van der Waals surface area (Å²) in [6.45, 7) is 7.66. The maximum Gasteiger partial charge on any atom is 0.241 e. The molecule has 0 bridgehead atoms. The first-order valence-electron chi connectivity index (χ1n) is 5.44. The molecule has 0 aliphatic heterocycles. The first kappa shape index (κ1) is 13.2. The summed E-state index contributed by atoms with van der Waals surface area (Å²) in [5.74, 6) is 0. The largest absolute Gasteiger partial charge is 0.241 e. The summed E-state index contributed by atoms with van der Waals surface area (Å²) in [6, 6.07) is 6.74. The minimum Gasteiger partial charge on any atom is -0.208 e. The topological polar surface area (TPSA) is 46.2 Å². The SMILES string of the molecule is [CH2]c1ccccc1S(=O)(=O)NC(CC)CC. The van der Waals surface area contributed by atoms with Crippen LogP contribution in [0, 0.1) is 6.92 Å². The number of benzene rings is 1. The van der Waals surface area contributed by atoms with E-state index in [0.29, 0.717) is 5.56 Å². The van der Waals surface area contributed by atoms with Gasteiger partial charge in [0.2, 0.25) is 10.0 Å². The van der Waals surface area contributed by atoms with Gasteiger partial charge in [-0.3, -0.25) is 0 Å². The molecule has 1 rings (SSSR count). The fourth-order valence-corrected chi connectivity index (χ4v) is 3.07. The lowest BCUT2D eigenvalue weighted by Gasteiger charge is -2.15. The molecule has 16 heavy (non-hydrogen) atoms. The van der Waals surface area contributed by atoms with E-state index in [4.69, 9.17) is 0 Å². The predicted molar refractivity (Wildman–Crippen MR) is 65.6 cm³/mol. The number of rotatable bonds is 5. The Kier molecular flexibility index (Phi) is 4.50. The minimum atomic E-state index is -3.43. The van der Waals surface area contributed by atoms with Gasteiger partial charge < -0.3 is 0 Å². The van der Waals surface area contributed by atoms with E-state index < -0.39 is 10.0 Å². The average molecular weight is 240 g/mol. The Morgan fingerprint density at radius 3 is 2.31 bits per heavy atom. The van der Waals surface area contributed by atoms with Gasteiger partial charge in [-0.1, -0.05) is 32.0 Å². The Labute approximate surface area is 97.9 Å². The molecule has 0 heterocycles. The van der Waals surface area contributed by atoms with E-state index in [-0.39, 0.29) is 10.9 Å². The van der Waals surface area contributed by atoms with Crippen LogP contribution in [0.4, 0.5) is 0 Å². The molecule has 1 aromatic carbocycles. The maximum atomic E-state index is 12.0. The molecule has 0 atom stereocenters. The third-order valence-corrected chi connectivity index (χ3v) is 4.19. The van der Waals surface area contributed by atoms with Crippen molar-refractivity contribution < 1.29 is 8.42 Å². The van der Waals surface area contributed by atoms with Gasteiger partial charge in [0.05, 0.1) is 4.90 Å². The highest BCUT2D eigenvalue weighted by molar-refractivity contribution is 7.89. The van der Waals surface area contributed by atoms with Crippen molar-refractivity contribution in [3.63, 3.8) is 0 Å². The van der Waals surface area contributed by atoms with Crippen LogP contribution in [0.25, 0.3) is 0 Å². The molecule has 4 heteroatoms. The smallest absolute Gasteiger partial charge is 0.208 e. The van der Waals surface area contributed by atoms with Crippen LogP contribution in [0.3, 0.4) is 0 Å². The van der Waals surface area contributed by atoms with Gasteiger partial charge in [-0.2, -0.15) is 0 Å². The fourth-order valence-electron chi connectivity index (χ4n) is 1.50. The van der Waals surface area contributed by atoms with Gasteiger partial charge in [-0.05, 0) is 31.4 Å². The van der Waals surface area contributed by atoms with Crippen LogP contribution in [0.15, 0.2) is 29.2 Å². The third-order valence-electron chi connectivity index (χ3n) is 2.57. The molecule has 0 spiro atoms. The molecule has 1 N–H and O–H groups in total. The Hall–Kier alpha value is -0.870. The maximum absolute atomic E-state index is 12.0. The zero-order chi connectivity index (χ0) is 12.2. The minimum absolute atomic E-state index is 0.00962. The zero-order valence-corrected chi connectivity index (χ0v) is 10.5. The molecule has 0 unspecified atom stereocenters. The molecule has 0 amide bonds. The van der Waals surface area contributed by atoms with Crippen LogP contribution in [0.5, 0.6) is 0 Å². The number of hydrogen-bond acceptors (Lipinski definition) is 2. The lowest BCUT2D eigenvalue weighted by atomic mass is 10.2. The van der Waals surface area contributed by atoms with Crippen LogP contribution in [0.1, 0.15) is 32.3 Å². The molecular weight excluding hydrogens is 222 g/mol. The highest BCUT2D eigenvalue weighted by atomic mass is 32.2. The van der Waals surface area contributed by atoms with Crippen molar-refractivity contribution in [2.24, 2.45) is 0 Å². The molecule has 89 valence electrons. The Balaban J connectivity index is 2.99. The molecule has 0 saturated carbocycles. The fraction of sp³-hybridized carbons (Fsp3) is 0.417. The molecule has 0 aromatic heterocycles. The second-order valence-corrected chi connectivity index (χ2v) is 5.42. The molecule has 3 nitrogen and oxygen atoms in total. The highest BCUT2D eigenvalue weighted by Crippen LogP contribution is 2.15. The van der Waals surface area contributed by atoms with Gasteiger partial charge in [0.15, 0.2) is 0 Å². The molecule has 0 fully saturated rings. The van der Waals surface area contributed by atoms with E-state index >= 15 is 0 Å². The van der Waals surface area contributed by atoms with Crippen LogP contribution >= 0.6 is 0 Å². The van der Waals surface area contributed by atoms with Crippen LogP contribution in [-0.2, 0) is 10.0 Å². The van der Waals surface area contributed by atoms with Crippen molar-refractivity contribution in [2.45, 2.75) is 37.6 Å². The molecule has 1 radical (unpaired) electrons.